The molecular weight excluding hydrogens is 287 g/mol. The number of hydrazone groups is 1. The van der Waals surface area contributed by atoms with Gasteiger partial charge in [-0.3, -0.25) is 9.59 Å². The van der Waals surface area contributed by atoms with Gasteiger partial charge in [-0.2, -0.15) is 5.10 Å². The van der Waals surface area contributed by atoms with Gasteiger partial charge in [0.05, 0.1) is 0 Å². The van der Waals surface area contributed by atoms with E-state index in [4.69, 9.17) is 0 Å². The van der Waals surface area contributed by atoms with Crippen LogP contribution in [0.15, 0.2) is 29.4 Å². The lowest BCUT2D eigenvalue weighted by atomic mass is 10.1. The minimum Gasteiger partial charge on any atom is -0.368 e. The summed E-state index contributed by atoms with van der Waals surface area (Å²) in [5.41, 5.74) is 3.71. The molecule has 116 valence electrons. The van der Waals surface area contributed by atoms with Crippen LogP contribution in [0.5, 0.6) is 0 Å². The molecule has 0 unspecified atom stereocenters. The number of hydrogen-bond donors (Lipinski definition) is 1. The molecule has 2 aliphatic rings. The molecule has 3 rings (SSSR count). The summed E-state index contributed by atoms with van der Waals surface area (Å²) in [6.45, 7) is 2.56. The van der Waals surface area contributed by atoms with Gasteiger partial charge in [0, 0.05) is 44.7 Å². The summed E-state index contributed by atoms with van der Waals surface area (Å²) in [5, 5.41) is 3.84. The van der Waals surface area contributed by atoms with Gasteiger partial charge in [0.25, 0.3) is 5.91 Å². The van der Waals surface area contributed by atoms with Crippen LogP contribution < -0.4 is 10.3 Å². The van der Waals surface area contributed by atoms with E-state index in [0.29, 0.717) is 44.7 Å². The van der Waals surface area contributed by atoms with Crippen LogP contribution in [0, 0.1) is 5.82 Å². The van der Waals surface area contributed by atoms with Gasteiger partial charge in [0.2, 0.25) is 5.91 Å². The first-order chi connectivity index (χ1) is 10.6. The number of benzene rings is 1. The predicted octanol–water partition coefficient (Wildman–Crippen LogP) is 0.740. The highest BCUT2D eigenvalue weighted by atomic mass is 19.1. The number of halogens is 1. The number of carbonyl (C=O) groups is 2. The molecule has 0 spiro atoms. The molecule has 1 aromatic rings. The van der Waals surface area contributed by atoms with Crippen LogP contribution >= 0.6 is 0 Å². The molecule has 0 bridgehead atoms. The maximum Gasteiger partial charge on any atom is 0.270 e. The topological polar surface area (TPSA) is 65.0 Å². The van der Waals surface area contributed by atoms with Crippen LogP contribution in [0.1, 0.15) is 12.8 Å². The highest BCUT2D eigenvalue weighted by Gasteiger charge is 2.26. The molecule has 1 saturated heterocycles. The molecule has 2 amide bonds. The predicted molar refractivity (Wildman–Crippen MR) is 80.0 cm³/mol. The Labute approximate surface area is 127 Å². The van der Waals surface area contributed by atoms with Gasteiger partial charge in [-0.25, -0.2) is 9.82 Å². The Hall–Kier alpha value is -2.44. The molecule has 6 nitrogen and oxygen atoms in total. The van der Waals surface area contributed by atoms with Gasteiger partial charge in [-0.05, 0) is 24.3 Å². The molecule has 1 fully saturated rings. The normalized spacial score (nSPS) is 18.8. The van der Waals surface area contributed by atoms with Crippen molar-refractivity contribution in [2.75, 3.05) is 31.1 Å². The Balaban J connectivity index is 1.58. The second kappa shape index (κ2) is 6.13. The second-order valence-electron chi connectivity index (χ2n) is 5.35. The third kappa shape index (κ3) is 3.08. The van der Waals surface area contributed by atoms with Crippen molar-refractivity contribution in [2.24, 2.45) is 5.10 Å². The molecule has 0 aromatic heterocycles. The minimum atomic E-state index is -0.255. The number of anilines is 1. The van der Waals surface area contributed by atoms with Crippen LogP contribution in [0.4, 0.5) is 10.1 Å². The highest BCUT2D eigenvalue weighted by Crippen LogP contribution is 2.17. The number of piperazine rings is 1. The van der Waals surface area contributed by atoms with Crippen molar-refractivity contribution in [3.63, 3.8) is 0 Å². The lowest BCUT2D eigenvalue weighted by Gasteiger charge is -2.36. The summed E-state index contributed by atoms with van der Waals surface area (Å²) in [4.78, 5) is 27.2. The van der Waals surface area contributed by atoms with Crippen molar-refractivity contribution in [2.45, 2.75) is 12.8 Å². The average molecular weight is 304 g/mol. The zero-order valence-electron chi connectivity index (χ0n) is 12.1. The summed E-state index contributed by atoms with van der Waals surface area (Å²) < 4.78 is 12.9. The van der Waals surface area contributed by atoms with Crippen molar-refractivity contribution >= 4 is 23.2 Å². The van der Waals surface area contributed by atoms with E-state index in [1.165, 1.54) is 12.1 Å². The van der Waals surface area contributed by atoms with E-state index < -0.39 is 0 Å². The molecule has 7 heteroatoms. The first-order valence-electron chi connectivity index (χ1n) is 7.29. The van der Waals surface area contributed by atoms with E-state index in [2.05, 4.69) is 15.4 Å². The van der Waals surface area contributed by atoms with Crippen LogP contribution in [-0.4, -0.2) is 48.6 Å². The lowest BCUT2D eigenvalue weighted by Crippen LogP contribution is -2.51. The van der Waals surface area contributed by atoms with Crippen LogP contribution in [0.25, 0.3) is 0 Å². The minimum absolute atomic E-state index is 0.112. The lowest BCUT2D eigenvalue weighted by molar-refractivity contribution is -0.124. The Kier molecular flexibility index (Phi) is 4.04. The van der Waals surface area contributed by atoms with Crippen molar-refractivity contribution in [3.8, 4) is 0 Å². The molecule has 2 heterocycles. The third-order valence-electron chi connectivity index (χ3n) is 3.91. The molecule has 0 atom stereocenters. The monoisotopic (exact) mass is 304 g/mol. The summed E-state index contributed by atoms with van der Waals surface area (Å²) in [6, 6.07) is 6.36. The first kappa shape index (κ1) is 14.5. The molecule has 0 aliphatic carbocycles. The van der Waals surface area contributed by atoms with E-state index in [1.807, 2.05) is 0 Å². The fourth-order valence-corrected chi connectivity index (χ4v) is 2.63. The van der Waals surface area contributed by atoms with E-state index in [9.17, 15) is 14.0 Å². The Morgan fingerprint density at radius 1 is 1.09 bits per heavy atom. The number of nitrogens with zero attached hydrogens (tertiary/aromatic N) is 3. The maximum absolute atomic E-state index is 12.9. The van der Waals surface area contributed by atoms with Crippen molar-refractivity contribution in [1.29, 1.82) is 0 Å². The SMILES string of the molecule is O=C1CCC(C(=O)N2CCN(c3ccc(F)cc3)CC2)=NN1. The first-order valence-corrected chi connectivity index (χ1v) is 7.29. The quantitative estimate of drug-likeness (QED) is 0.876. The number of rotatable bonds is 2. The van der Waals surface area contributed by atoms with Crippen LogP contribution in [0.2, 0.25) is 0 Å². The summed E-state index contributed by atoms with van der Waals surface area (Å²) >= 11 is 0. The molecule has 1 aromatic carbocycles. The van der Waals surface area contributed by atoms with Gasteiger partial charge in [0.15, 0.2) is 0 Å². The molecule has 22 heavy (non-hydrogen) atoms. The van der Waals surface area contributed by atoms with Gasteiger partial charge in [0.1, 0.15) is 11.5 Å². The molecule has 0 saturated carbocycles. The molecule has 2 aliphatic heterocycles. The van der Waals surface area contributed by atoms with Crippen molar-refractivity contribution < 1.29 is 14.0 Å². The average Bonchev–Trinajstić information content (AvgIpc) is 2.56. The largest absolute Gasteiger partial charge is 0.368 e. The van der Waals surface area contributed by atoms with E-state index in [1.54, 1.807) is 17.0 Å². The van der Waals surface area contributed by atoms with Gasteiger partial charge in [-0.1, -0.05) is 0 Å². The maximum atomic E-state index is 12.9. The Morgan fingerprint density at radius 3 is 2.36 bits per heavy atom. The zero-order valence-corrected chi connectivity index (χ0v) is 12.1. The summed E-state index contributed by atoms with van der Waals surface area (Å²) in [6.07, 6.45) is 0.697. The number of amides is 2. The second-order valence-corrected chi connectivity index (χ2v) is 5.35. The number of hydrogen-bond acceptors (Lipinski definition) is 4. The fraction of sp³-hybridized carbons (Fsp3) is 0.400. The highest BCUT2D eigenvalue weighted by molar-refractivity contribution is 6.39. The fourth-order valence-electron chi connectivity index (χ4n) is 2.63. The van der Waals surface area contributed by atoms with Gasteiger partial charge < -0.3 is 9.80 Å². The molecule has 1 N–H and O–H groups in total. The Bertz CT molecular complexity index is 606. The smallest absolute Gasteiger partial charge is 0.270 e. The molecule has 0 radical (unpaired) electrons. The zero-order chi connectivity index (χ0) is 15.5. The van der Waals surface area contributed by atoms with Crippen LogP contribution in [0.3, 0.4) is 0 Å². The van der Waals surface area contributed by atoms with Crippen molar-refractivity contribution in [1.82, 2.24) is 10.3 Å². The van der Waals surface area contributed by atoms with Gasteiger partial charge in [-0.15, -0.1) is 0 Å². The van der Waals surface area contributed by atoms with Gasteiger partial charge >= 0.3 is 0 Å². The van der Waals surface area contributed by atoms with E-state index in [0.717, 1.165) is 5.69 Å². The summed E-state index contributed by atoms with van der Waals surface area (Å²) in [7, 11) is 0. The van der Waals surface area contributed by atoms with E-state index >= 15 is 0 Å². The number of nitrogens with one attached hydrogen (secondary N) is 1. The van der Waals surface area contributed by atoms with E-state index in [-0.39, 0.29) is 17.6 Å². The third-order valence-corrected chi connectivity index (χ3v) is 3.91. The van der Waals surface area contributed by atoms with Crippen molar-refractivity contribution in [3.05, 3.63) is 30.1 Å². The van der Waals surface area contributed by atoms with Crippen LogP contribution in [-0.2, 0) is 9.59 Å². The number of carbonyl (C=O) groups excluding carboxylic acids is 2. The molecular formula is C15H17FN4O2. The summed E-state index contributed by atoms with van der Waals surface area (Å²) in [5.74, 6) is -0.522. The Morgan fingerprint density at radius 2 is 1.77 bits per heavy atom. The standard InChI is InChI=1S/C15H17FN4O2/c16-11-1-3-12(4-2-11)19-7-9-20(10-8-19)15(22)13-5-6-14(21)18-17-13/h1-4H,5-10H2,(H,18,21).